The van der Waals surface area contributed by atoms with Crippen LogP contribution in [0.4, 0.5) is 4.39 Å². The van der Waals surface area contributed by atoms with Gasteiger partial charge >= 0.3 is 0 Å². The highest BCUT2D eigenvalue weighted by Crippen LogP contribution is 2.40. The maximum absolute atomic E-state index is 13.4. The Bertz CT molecular complexity index is 986. The zero-order valence-electron chi connectivity index (χ0n) is 16.0. The molecule has 1 aliphatic rings. The SMILES string of the molecule is C=CCC1CC(c2c[nH]c(-c3ccc(F)cc3)c2-c2ccncc2)=CCN1C. The molecule has 0 radical (unpaired) electrons. The summed E-state index contributed by atoms with van der Waals surface area (Å²) in [5.41, 5.74) is 6.75. The molecule has 28 heavy (non-hydrogen) atoms. The Morgan fingerprint density at radius 1 is 1.18 bits per heavy atom. The summed E-state index contributed by atoms with van der Waals surface area (Å²) in [6, 6.07) is 11.1. The third-order valence-corrected chi connectivity index (χ3v) is 5.47. The predicted molar refractivity (Wildman–Crippen MR) is 113 cm³/mol. The molecule has 0 saturated carbocycles. The number of rotatable bonds is 5. The van der Waals surface area contributed by atoms with Gasteiger partial charge < -0.3 is 4.98 Å². The van der Waals surface area contributed by atoms with E-state index in [1.807, 2.05) is 42.7 Å². The van der Waals surface area contributed by atoms with Gasteiger partial charge in [-0.25, -0.2) is 4.39 Å². The van der Waals surface area contributed by atoms with Gasteiger partial charge in [-0.15, -0.1) is 6.58 Å². The molecule has 0 fully saturated rings. The first kappa shape index (κ1) is 18.4. The van der Waals surface area contributed by atoms with Gasteiger partial charge in [-0.2, -0.15) is 0 Å². The van der Waals surface area contributed by atoms with Crippen molar-refractivity contribution in [3.8, 4) is 22.4 Å². The molecule has 1 aromatic carbocycles. The van der Waals surface area contributed by atoms with Gasteiger partial charge in [-0.3, -0.25) is 9.88 Å². The number of pyridine rings is 1. The van der Waals surface area contributed by atoms with E-state index in [1.165, 1.54) is 23.3 Å². The molecule has 1 unspecified atom stereocenters. The average molecular weight is 373 g/mol. The van der Waals surface area contributed by atoms with Gasteiger partial charge in [-0.05, 0) is 73.0 Å². The molecule has 0 spiro atoms. The standard InChI is InChI=1S/C24H24FN3/c1-3-4-21-15-19(11-14-28(21)2)22-16-27-24(18-5-7-20(25)8-6-18)23(22)17-9-12-26-13-10-17/h3,5-13,16,21,27H,1,4,14-15H2,2H3. The van der Waals surface area contributed by atoms with Gasteiger partial charge in [0.05, 0.1) is 5.69 Å². The van der Waals surface area contributed by atoms with Crippen molar-refractivity contribution in [2.24, 2.45) is 0 Å². The van der Waals surface area contributed by atoms with Crippen molar-refractivity contribution in [3.05, 3.63) is 85.1 Å². The van der Waals surface area contributed by atoms with Gasteiger partial charge in [0.25, 0.3) is 0 Å². The van der Waals surface area contributed by atoms with Crippen LogP contribution in [0.2, 0.25) is 0 Å². The zero-order valence-corrected chi connectivity index (χ0v) is 16.0. The molecule has 3 nitrogen and oxygen atoms in total. The zero-order chi connectivity index (χ0) is 19.5. The summed E-state index contributed by atoms with van der Waals surface area (Å²) in [5.74, 6) is -0.230. The van der Waals surface area contributed by atoms with E-state index in [2.05, 4.69) is 40.8 Å². The highest BCUT2D eigenvalue weighted by Gasteiger charge is 2.24. The number of likely N-dealkylation sites (N-methyl/N-ethyl adjacent to an activating group) is 1. The second-order valence-electron chi connectivity index (χ2n) is 7.25. The number of nitrogens with one attached hydrogen (secondary N) is 1. The van der Waals surface area contributed by atoms with Gasteiger partial charge in [0, 0.05) is 42.3 Å². The number of H-pyrrole nitrogens is 1. The maximum Gasteiger partial charge on any atom is 0.123 e. The number of hydrogen-bond donors (Lipinski definition) is 1. The summed E-state index contributed by atoms with van der Waals surface area (Å²) in [6.07, 6.45) is 11.9. The molecule has 0 saturated heterocycles. The Hall–Kier alpha value is -2.98. The lowest BCUT2D eigenvalue weighted by Crippen LogP contribution is -2.34. The van der Waals surface area contributed by atoms with Crippen molar-refractivity contribution in [2.75, 3.05) is 13.6 Å². The third-order valence-electron chi connectivity index (χ3n) is 5.47. The maximum atomic E-state index is 13.4. The largest absolute Gasteiger partial charge is 0.360 e. The molecule has 3 heterocycles. The number of halogens is 1. The summed E-state index contributed by atoms with van der Waals surface area (Å²) in [6.45, 7) is 4.83. The molecule has 3 aromatic rings. The first-order chi connectivity index (χ1) is 13.7. The summed E-state index contributed by atoms with van der Waals surface area (Å²) in [5, 5.41) is 0. The van der Waals surface area contributed by atoms with Crippen LogP contribution in [-0.2, 0) is 0 Å². The van der Waals surface area contributed by atoms with E-state index in [0.717, 1.165) is 41.8 Å². The van der Waals surface area contributed by atoms with Crippen LogP contribution in [0.5, 0.6) is 0 Å². The fourth-order valence-corrected chi connectivity index (χ4v) is 3.91. The quantitative estimate of drug-likeness (QED) is 0.595. The molecule has 1 atom stereocenters. The lowest BCUT2D eigenvalue weighted by atomic mass is 9.89. The summed E-state index contributed by atoms with van der Waals surface area (Å²) >= 11 is 0. The van der Waals surface area contributed by atoms with Gasteiger partial charge in [0.1, 0.15) is 5.82 Å². The van der Waals surface area contributed by atoms with Gasteiger partial charge in [0.2, 0.25) is 0 Å². The highest BCUT2D eigenvalue weighted by atomic mass is 19.1. The van der Waals surface area contributed by atoms with Gasteiger partial charge in [-0.1, -0.05) is 12.2 Å². The average Bonchev–Trinajstić information content (AvgIpc) is 3.16. The van der Waals surface area contributed by atoms with Crippen LogP contribution in [0.15, 0.2) is 73.7 Å². The van der Waals surface area contributed by atoms with E-state index in [1.54, 1.807) is 0 Å². The second-order valence-corrected chi connectivity index (χ2v) is 7.25. The fraction of sp³-hybridized carbons (Fsp3) is 0.208. The molecule has 142 valence electrons. The Balaban J connectivity index is 1.82. The first-order valence-electron chi connectivity index (χ1n) is 9.55. The number of aromatic amines is 1. The van der Waals surface area contributed by atoms with Crippen LogP contribution >= 0.6 is 0 Å². The minimum absolute atomic E-state index is 0.230. The summed E-state index contributed by atoms with van der Waals surface area (Å²) < 4.78 is 13.4. The van der Waals surface area contributed by atoms with Crippen molar-refractivity contribution in [2.45, 2.75) is 18.9 Å². The predicted octanol–water partition coefficient (Wildman–Crippen LogP) is 5.55. The number of benzene rings is 1. The van der Waals surface area contributed by atoms with Crippen LogP contribution < -0.4 is 0 Å². The molecule has 1 aliphatic heterocycles. The molecular formula is C24H24FN3. The van der Waals surface area contributed by atoms with Crippen LogP contribution in [0.1, 0.15) is 18.4 Å². The van der Waals surface area contributed by atoms with Crippen LogP contribution in [-0.4, -0.2) is 34.5 Å². The minimum atomic E-state index is -0.230. The lowest BCUT2D eigenvalue weighted by molar-refractivity contribution is 0.262. The molecule has 0 aliphatic carbocycles. The van der Waals surface area contributed by atoms with Crippen molar-refractivity contribution >= 4 is 5.57 Å². The second kappa shape index (κ2) is 7.95. The molecular weight excluding hydrogens is 349 g/mol. The van der Waals surface area contributed by atoms with Crippen LogP contribution in [0, 0.1) is 5.82 Å². The van der Waals surface area contributed by atoms with E-state index < -0.39 is 0 Å². The summed E-state index contributed by atoms with van der Waals surface area (Å²) in [4.78, 5) is 9.98. The smallest absolute Gasteiger partial charge is 0.123 e. The topological polar surface area (TPSA) is 31.9 Å². The first-order valence-corrected chi connectivity index (χ1v) is 9.55. The van der Waals surface area contributed by atoms with E-state index in [9.17, 15) is 4.39 Å². The lowest BCUT2D eigenvalue weighted by Gasteiger charge is -2.32. The Morgan fingerprint density at radius 3 is 2.64 bits per heavy atom. The molecule has 0 amide bonds. The van der Waals surface area contributed by atoms with Crippen LogP contribution in [0.3, 0.4) is 0 Å². The molecule has 0 bridgehead atoms. The van der Waals surface area contributed by atoms with E-state index in [-0.39, 0.29) is 5.82 Å². The van der Waals surface area contributed by atoms with Crippen LogP contribution in [0.25, 0.3) is 28.0 Å². The number of hydrogen-bond acceptors (Lipinski definition) is 2. The Kier molecular flexibility index (Phi) is 5.22. The third kappa shape index (κ3) is 3.56. The minimum Gasteiger partial charge on any atom is -0.360 e. The van der Waals surface area contributed by atoms with E-state index in [4.69, 9.17) is 0 Å². The Morgan fingerprint density at radius 2 is 1.93 bits per heavy atom. The van der Waals surface area contributed by atoms with Crippen molar-refractivity contribution < 1.29 is 4.39 Å². The fourth-order valence-electron chi connectivity index (χ4n) is 3.91. The summed E-state index contributed by atoms with van der Waals surface area (Å²) in [7, 11) is 2.16. The molecule has 4 rings (SSSR count). The van der Waals surface area contributed by atoms with Gasteiger partial charge in [0.15, 0.2) is 0 Å². The normalized spacial score (nSPS) is 17.4. The molecule has 1 N–H and O–H groups in total. The Labute approximate surface area is 165 Å². The monoisotopic (exact) mass is 373 g/mol. The number of aromatic nitrogens is 2. The number of nitrogens with zero attached hydrogens (tertiary/aromatic N) is 2. The molecule has 4 heteroatoms. The van der Waals surface area contributed by atoms with E-state index >= 15 is 0 Å². The van der Waals surface area contributed by atoms with Crippen molar-refractivity contribution in [1.29, 1.82) is 0 Å². The van der Waals surface area contributed by atoms with Crippen molar-refractivity contribution in [3.63, 3.8) is 0 Å². The highest BCUT2D eigenvalue weighted by molar-refractivity contribution is 5.91. The molecule has 2 aromatic heterocycles. The van der Waals surface area contributed by atoms with Crippen molar-refractivity contribution in [1.82, 2.24) is 14.9 Å². The van der Waals surface area contributed by atoms with E-state index in [0.29, 0.717) is 6.04 Å².